The van der Waals surface area contributed by atoms with E-state index in [1.54, 1.807) is 12.1 Å². The first-order valence-corrected chi connectivity index (χ1v) is 8.42. The molecule has 0 unspecified atom stereocenters. The number of benzene rings is 2. The number of carbonyl (C=O) groups is 1. The Hall–Kier alpha value is -3.09. The Bertz CT molecular complexity index is 798. The molecule has 0 atom stereocenters. The molecule has 2 aromatic carbocycles. The van der Waals surface area contributed by atoms with Gasteiger partial charge in [0.2, 0.25) is 0 Å². The molecule has 1 aliphatic heterocycles. The van der Waals surface area contributed by atoms with Crippen LogP contribution in [0.4, 0.5) is 5.69 Å². The number of hydrogen-bond acceptors (Lipinski definition) is 5. The van der Waals surface area contributed by atoms with Crippen LogP contribution in [0.1, 0.15) is 28.8 Å². The molecular weight excluding hydrogens is 336 g/mol. The molecule has 0 bridgehead atoms. The zero-order chi connectivity index (χ0) is 18.5. The molecule has 1 saturated heterocycles. The maximum atomic E-state index is 12.3. The number of methoxy groups -OCH3 is 1. The minimum atomic E-state index is -0.481. The second-order valence-electron chi connectivity index (χ2n) is 6.08. The number of amides is 1. The Labute approximate surface area is 151 Å². The fourth-order valence-corrected chi connectivity index (χ4v) is 2.90. The van der Waals surface area contributed by atoms with Crippen molar-refractivity contribution in [3.8, 4) is 11.5 Å². The second kappa shape index (κ2) is 7.86. The zero-order valence-corrected chi connectivity index (χ0v) is 14.5. The highest BCUT2D eigenvalue weighted by Gasteiger charge is 2.19. The maximum Gasteiger partial charge on any atom is 0.273 e. The van der Waals surface area contributed by atoms with Crippen molar-refractivity contribution in [3.05, 3.63) is 63.7 Å². The lowest BCUT2D eigenvalue weighted by molar-refractivity contribution is -0.385. The van der Waals surface area contributed by atoms with Gasteiger partial charge in [0.1, 0.15) is 6.61 Å². The number of nitro benzene ring substituents is 1. The molecule has 1 heterocycles. The van der Waals surface area contributed by atoms with Crippen LogP contribution < -0.4 is 9.47 Å². The van der Waals surface area contributed by atoms with E-state index in [1.807, 2.05) is 17.0 Å². The van der Waals surface area contributed by atoms with Crippen molar-refractivity contribution in [2.24, 2.45) is 0 Å². The van der Waals surface area contributed by atoms with Gasteiger partial charge in [0, 0.05) is 24.7 Å². The quantitative estimate of drug-likeness (QED) is 0.585. The van der Waals surface area contributed by atoms with Crippen LogP contribution in [-0.2, 0) is 6.61 Å². The summed E-state index contributed by atoms with van der Waals surface area (Å²) < 4.78 is 10.9. The average Bonchev–Trinajstić information content (AvgIpc) is 3.20. The van der Waals surface area contributed by atoms with Gasteiger partial charge in [-0.05, 0) is 36.6 Å². The molecule has 2 aromatic rings. The van der Waals surface area contributed by atoms with Crippen molar-refractivity contribution in [3.63, 3.8) is 0 Å². The Kier molecular flexibility index (Phi) is 5.36. The molecule has 0 spiro atoms. The highest BCUT2D eigenvalue weighted by atomic mass is 16.6. The van der Waals surface area contributed by atoms with Crippen molar-refractivity contribution >= 4 is 11.6 Å². The number of non-ortho nitro benzene ring substituents is 1. The van der Waals surface area contributed by atoms with Crippen LogP contribution in [0, 0.1) is 10.1 Å². The number of likely N-dealkylation sites (tertiary alicyclic amines) is 1. The van der Waals surface area contributed by atoms with Gasteiger partial charge < -0.3 is 14.4 Å². The lowest BCUT2D eigenvalue weighted by Crippen LogP contribution is -2.27. The van der Waals surface area contributed by atoms with Gasteiger partial charge in [-0.1, -0.05) is 12.1 Å². The molecule has 26 heavy (non-hydrogen) atoms. The van der Waals surface area contributed by atoms with E-state index in [-0.39, 0.29) is 18.2 Å². The Balaban J connectivity index is 1.67. The normalized spacial score (nSPS) is 13.5. The summed E-state index contributed by atoms with van der Waals surface area (Å²) in [6, 6.07) is 11.4. The lowest BCUT2D eigenvalue weighted by atomic mass is 10.1. The van der Waals surface area contributed by atoms with Crippen LogP contribution in [0.5, 0.6) is 11.5 Å². The summed E-state index contributed by atoms with van der Waals surface area (Å²) in [6.45, 7) is 1.85. The van der Waals surface area contributed by atoms with E-state index < -0.39 is 4.92 Å². The molecule has 0 aromatic heterocycles. The van der Waals surface area contributed by atoms with Crippen LogP contribution in [-0.4, -0.2) is 35.9 Å². The van der Waals surface area contributed by atoms with Gasteiger partial charge in [-0.15, -0.1) is 0 Å². The summed E-state index contributed by atoms with van der Waals surface area (Å²) in [5.41, 5.74) is 1.45. The molecule has 1 aliphatic rings. The SMILES string of the molecule is COc1ccc([N+](=O)[O-])cc1OCc1ccc(C(=O)N2CCCC2)cc1. The number of carbonyl (C=O) groups excluding carboxylic acids is 1. The molecule has 0 aliphatic carbocycles. The molecule has 0 radical (unpaired) electrons. The standard InChI is InChI=1S/C19H20N2O5/c1-25-17-9-8-16(21(23)24)12-18(17)26-13-14-4-6-15(7-5-14)19(22)20-10-2-3-11-20/h4-9,12H,2-3,10-11,13H2,1H3. The number of ether oxygens (including phenoxy) is 2. The minimum absolute atomic E-state index is 0.0512. The second-order valence-corrected chi connectivity index (χ2v) is 6.08. The van der Waals surface area contributed by atoms with E-state index in [1.165, 1.54) is 25.3 Å². The predicted octanol–water partition coefficient (Wildman–Crippen LogP) is 3.42. The topological polar surface area (TPSA) is 81.9 Å². The molecule has 7 nitrogen and oxygen atoms in total. The monoisotopic (exact) mass is 356 g/mol. The first-order chi connectivity index (χ1) is 12.6. The smallest absolute Gasteiger partial charge is 0.273 e. The predicted molar refractivity (Wildman–Crippen MR) is 95.6 cm³/mol. The van der Waals surface area contributed by atoms with Crippen molar-refractivity contribution in [2.45, 2.75) is 19.4 Å². The molecule has 0 saturated carbocycles. The zero-order valence-electron chi connectivity index (χ0n) is 14.5. The third-order valence-electron chi connectivity index (χ3n) is 4.35. The van der Waals surface area contributed by atoms with Crippen molar-refractivity contribution in [1.29, 1.82) is 0 Å². The fourth-order valence-electron chi connectivity index (χ4n) is 2.90. The summed E-state index contributed by atoms with van der Waals surface area (Å²) >= 11 is 0. The van der Waals surface area contributed by atoms with E-state index in [2.05, 4.69) is 0 Å². The van der Waals surface area contributed by atoms with Crippen LogP contribution in [0.2, 0.25) is 0 Å². The third kappa shape index (κ3) is 3.93. The number of nitrogens with zero attached hydrogens (tertiary/aromatic N) is 2. The van der Waals surface area contributed by atoms with Gasteiger partial charge in [0.15, 0.2) is 11.5 Å². The molecule has 1 fully saturated rings. The molecule has 3 rings (SSSR count). The maximum absolute atomic E-state index is 12.3. The minimum Gasteiger partial charge on any atom is -0.493 e. The Morgan fingerprint density at radius 2 is 1.81 bits per heavy atom. The lowest BCUT2D eigenvalue weighted by Gasteiger charge is -2.15. The Morgan fingerprint density at radius 1 is 1.12 bits per heavy atom. The molecule has 1 amide bonds. The van der Waals surface area contributed by atoms with E-state index in [0.29, 0.717) is 17.1 Å². The van der Waals surface area contributed by atoms with Crippen molar-refractivity contribution in [1.82, 2.24) is 4.90 Å². The highest BCUT2D eigenvalue weighted by Crippen LogP contribution is 2.31. The van der Waals surface area contributed by atoms with E-state index in [9.17, 15) is 14.9 Å². The van der Waals surface area contributed by atoms with Crippen LogP contribution in [0.3, 0.4) is 0 Å². The Morgan fingerprint density at radius 3 is 2.42 bits per heavy atom. The molecular formula is C19H20N2O5. The third-order valence-corrected chi connectivity index (χ3v) is 4.35. The number of hydrogen-bond donors (Lipinski definition) is 0. The number of rotatable bonds is 6. The summed E-state index contributed by atoms with van der Waals surface area (Å²) in [5, 5.41) is 10.9. The fraction of sp³-hybridized carbons (Fsp3) is 0.316. The summed E-state index contributed by atoms with van der Waals surface area (Å²) in [5.74, 6) is 0.783. The van der Waals surface area contributed by atoms with Crippen LogP contribution in [0.25, 0.3) is 0 Å². The van der Waals surface area contributed by atoms with Gasteiger partial charge in [-0.3, -0.25) is 14.9 Å². The van der Waals surface area contributed by atoms with Gasteiger partial charge in [-0.2, -0.15) is 0 Å². The van der Waals surface area contributed by atoms with Crippen LogP contribution in [0.15, 0.2) is 42.5 Å². The van der Waals surface area contributed by atoms with Gasteiger partial charge in [0.25, 0.3) is 11.6 Å². The molecule has 136 valence electrons. The van der Waals surface area contributed by atoms with Crippen molar-refractivity contribution < 1.29 is 19.2 Å². The highest BCUT2D eigenvalue weighted by molar-refractivity contribution is 5.94. The van der Waals surface area contributed by atoms with Crippen molar-refractivity contribution in [2.75, 3.05) is 20.2 Å². The summed E-state index contributed by atoms with van der Waals surface area (Å²) in [6.07, 6.45) is 2.12. The first kappa shape index (κ1) is 17.7. The van der Waals surface area contributed by atoms with E-state index >= 15 is 0 Å². The largest absolute Gasteiger partial charge is 0.493 e. The van der Waals surface area contributed by atoms with Gasteiger partial charge in [0.05, 0.1) is 18.1 Å². The molecule has 0 N–H and O–H groups in total. The van der Waals surface area contributed by atoms with Gasteiger partial charge in [-0.25, -0.2) is 0 Å². The average molecular weight is 356 g/mol. The van der Waals surface area contributed by atoms with Crippen LogP contribution >= 0.6 is 0 Å². The van der Waals surface area contributed by atoms with Gasteiger partial charge >= 0.3 is 0 Å². The summed E-state index contributed by atoms with van der Waals surface area (Å²) in [4.78, 5) is 24.6. The van der Waals surface area contributed by atoms with E-state index in [0.717, 1.165) is 31.5 Å². The number of nitro groups is 1. The first-order valence-electron chi connectivity index (χ1n) is 8.42. The summed E-state index contributed by atoms with van der Waals surface area (Å²) in [7, 11) is 1.48. The molecule has 7 heteroatoms. The van der Waals surface area contributed by atoms with E-state index in [4.69, 9.17) is 9.47 Å².